The number of methoxy groups -OCH3 is 2. The van der Waals surface area contributed by atoms with Crippen molar-refractivity contribution in [1.82, 2.24) is 14.9 Å². The zero-order chi connectivity index (χ0) is 14.5. The smallest absolute Gasteiger partial charge is 0.232 e. The maximum Gasteiger partial charge on any atom is 0.232 e. The summed E-state index contributed by atoms with van der Waals surface area (Å²) >= 11 is 0. The summed E-state index contributed by atoms with van der Waals surface area (Å²) in [7, 11) is 3.12. The van der Waals surface area contributed by atoms with Crippen molar-refractivity contribution in [2.45, 2.75) is 13.3 Å². The Balaban J connectivity index is 2.16. The number of nitrogens with zero attached hydrogens (tertiary/aromatic N) is 4. The predicted molar refractivity (Wildman–Crippen MR) is 74.2 cm³/mol. The Kier molecular flexibility index (Phi) is 4.60. The Morgan fingerprint density at radius 1 is 1.10 bits per heavy atom. The van der Waals surface area contributed by atoms with Crippen LogP contribution >= 0.6 is 0 Å². The van der Waals surface area contributed by atoms with Crippen LogP contribution in [0.15, 0.2) is 6.07 Å². The van der Waals surface area contributed by atoms with Crippen LogP contribution in [-0.2, 0) is 4.79 Å². The number of aromatic nitrogens is 2. The summed E-state index contributed by atoms with van der Waals surface area (Å²) in [6, 6.07) is 1.64. The Labute approximate surface area is 118 Å². The highest BCUT2D eigenvalue weighted by Gasteiger charge is 2.19. The van der Waals surface area contributed by atoms with E-state index in [-0.39, 0.29) is 5.91 Å². The Hall–Kier alpha value is -2.05. The van der Waals surface area contributed by atoms with E-state index in [0.29, 0.717) is 30.8 Å². The summed E-state index contributed by atoms with van der Waals surface area (Å²) in [5, 5.41) is 0. The lowest BCUT2D eigenvalue weighted by Gasteiger charge is -2.21. The lowest BCUT2D eigenvalue weighted by atomic mass is 10.4. The first-order chi connectivity index (χ1) is 9.63. The molecular formula is C13H20N4O3. The van der Waals surface area contributed by atoms with Crippen LogP contribution in [0.1, 0.15) is 13.3 Å². The molecule has 1 aromatic heterocycles. The van der Waals surface area contributed by atoms with E-state index >= 15 is 0 Å². The third-order valence-corrected chi connectivity index (χ3v) is 3.31. The predicted octanol–water partition coefficient (Wildman–Crippen LogP) is 0.552. The van der Waals surface area contributed by atoms with Crippen molar-refractivity contribution in [2.75, 3.05) is 45.3 Å². The largest absolute Gasteiger partial charge is 0.481 e. The number of anilines is 1. The van der Waals surface area contributed by atoms with Gasteiger partial charge >= 0.3 is 0 Å². The molecule has 2 rings (SSSR count). The molecule has 0 spiro atoms. The summed E-state index contributed by atoms with van der Waals surface area (Å²) in [6.07, 6.45) is 0.891. The van der Waals surface area contributed by atoms with Crippen LogP contribution in [-0.4, -0.2) is 61.2 Å². The average molecular weight is 280 g/mol. The van der Waals surface area contributed by atoms with Crippen molar-refractivity contribution in [3.05, 3.63) is 6.07 Å². The van der Waals surface area contributed by atoms with Crippen molar-refractivity contribution in [3.63, 3.8) is 0 Å². The molecule has 0 unspecified atom stereocenters. The first-order valence-corrected chi connectivity index (χ1v) is 6.61. The minimum Gasteiger partial charge on any atom is -0.481 e. The van der Waals surface area contributed by atoms with Crippen molar-refractivity contribution >= 4 is 11.9 Å². The standard InChI is InChI=1S/C13H20N4O3/c1-10(18)16-5-4-6-17(8-7-16)13-14-11(19-2)9-12(15-13)20-3/h9H,4-8H2,1-3H3. The molecule has 0 saturated carbocycles. The monoisotopic (exact) mass is 280 g/mol. The van der Waals surface area contributed by atoms with E-state index in [9.17, 15) is 4.79 Å². The molecule has 1 aromatic rings. The molecule has 2 heterocycles. The molecule has 0 radical (unpaired) electrons. The van der Waals surface area contributed by atoms with Crippen LogP contribution in [0.4, 0.5) is 5.95 Å². The molecule has 1 amide bonds. The van der Waals surface area contributed by atoms with E-state index in [1.165, 1.54) is 0 Å². The highest BCUT2D eigenvalue weighted by atomic mass is 16.5. The second-order valence-electron chi connectivity index (χ2n) is 4.60. The molecule has 20 heavy (non-hydrogen) atoms. The van der Waals surface area contributed by atoms with E-state index in [4.69, 9.17) is 9.47 Å². The van der Waals surface area contributed by atoms with Gasteiger partial charge in [0.25, 0.3) is 0 Å². The molecule has 1 aliphatic rings. The molecule has 1 fully saturated rings. The molecule has 7 nitrogen and oxygen atoms in total. The SMILES string of the molecule is COc1cc(OC)nc(N2CCCN(C(C)=O)CC2)n1. The Morgan fingerprint density at radius 2 is 1.75 bits per heavy atom. The van der Waals surface area contributed by atoms with E-state index in [2.05, 4.69) is 9.97 Å². The van der Waals surface area contributed by atoms with Gasteiger partial charge in [0.1, 0.15) is 0 Å². The number of carbonyl (C=O) groups is 1. The number of amides is 1. The molecule has 0 atom stereocenters. The molecule has 1 aliphatic heterocycles. The number of rotatable bonds is 3. The zero-order valence-electron chi connectivity index (χ0n) is 12.1. The molecule has 0 bridgehead atoms. The van der Waals surface area contributed by atoms with Crippen LogP contribution in [0.2, 0.25) is 0 Å². The van der Waals surface area contributed by atoms with E-state index in [1.54, 1.807) is 27.2 Å². The van der Waals surface area contributed by atoms with Crippen LogP contribution in [0.25, 0.3) is 0 Å². The quantitative estimate of drug-likeness (QED) is 0.805. The minimum atomic E-state index is 0.107. The van der Waals surface area contributed by atoms with Gasteiger partial charge in [0.05, 0.1) is 20.3 Å². The molecule has 7 heteroatoms. The molecular weight excluding hydrogens is 260 g/mol. The normalized spacial score (nSPS) is 15.8. The van der Waals surface area contributed by atoms with E-state index in [0.717, 1.165) is 19.5 Å². The first kappa shape index (κ1) is 14.4. The first-order valence-electron chi connectivity index (χ1n) is 6.61. The zero-order valence-corrected chi connectivity index (χ0v) is 12.1. The van der Waals surface area contributed by atoms with Gasteiger partial charge in [-0.1, -0.05) is 0 Å². The molecule has 0 N–H and O–H groups in total. The molecule has 110 valence electrons. The third-order valence-electron chi connectivity index (χ3n) is 3.31. The number of carbonyl (C=O) groups excluding carboxylic acids is 1. The molecule has 1 saturated heterocycles. The number of hydrogen-bond donors (Lipinski definition) is 0. The highest BCUT2D eigenvalue weighted by molar-refractivity contribution is 5.73. The lowest BCUT2D eigenvalue weighted by molar-refractivity contribution is -0.128. The van der Waals surface area contributed by atoms with Gasteiger partial charge in [0.2, 0.25) is 23.6 Å². The van der Waals surface area contributed by atoms with Crippen LogP contribution in [0.3, 0.4) is 0 Å². The second-order valence-corrected chi connectivity index (χ2v) is 4.60. The molecule has 0 aliphatic carbocycles. The van der Waals surface area contributed by atoms with Crippen molar-refractivity contribution in [3.8, 4) is 11.8 Å². The lowest BCUT2D eigenvalue weighted by Crippen LogP contribution is -2.34. The van der Waals surface area contributed by atoms with Crippen molar-refractivity contribution in [2.24, 2.45) is 0 Å². The van der Waals surface area contributed by atoms with Gasteiger partial charge in [0.15, 0.2) is 0 Å². The van der Waals surface area contributed by atoms with Crippen LogP contribution in [0.5, 0.6) is 11.8 Å². The van der Waals surface area contributed by atoms with Gasteiger partial charge in [-0.15, -0.1) is 0 Å². The number of hydrogen-bond acceptors (Lipinski definition) is 6. The van der Waals surface area contributed by atoms with E-state index in [1.807, 2.05) is 9.80 Å². The summed E-state index contributed by atoms with van der Waals surface area (Å²) in [5.41, 5.74) is 0. The average Bonchev–Trinajstić information content (AvgIpc) is 2.72. The van der Waals surface area contributed by atoms with Gasteiger partial charge < -0.3 is 19.3 Å². The fourth-order valence-electron chi connectivity index (χ4n) is 2.18. The fourth-order valence-corrected chi connectivity index (χ4v) is 2.18. The third kappa shape index (κ3) is 3.28. The Bertz CT molecular complexity index is 458. The maximum absolute atomic E-state index is 11.4. The number of ether oxygens (including phenoxy) is 2. The second kappa shape index (κ2) is 6.40. The summed E-state index contributed by atoms with van der Waals surface area (Å²) in [4.78, 5) is 24.0. The molecule has 0 aromatic carbocycles. The maximum atomic E-state index is 11.4. The summed E-state index contributed by atoms with van der Waals surface area (Å²) < 4.78 is 10.3. The van der Waals surface area contributed by atoms with Crippen LogP contribution < -0.4 is 14.4 Å². The van der Waals surface area contributed by atoms with Crippen molar-refractivity contribution in [1.29, 1.82) is 0 Å². The fraction of sp³-hybridized carbons (Fsp3) is 0.615. The summed E-state index contributed by atoms with van der Waals surface area (Å²) in [6.45, 7) is 4.56. The van der Waals surface area contributed by atoms with Gasteiger partial charge in [0, 0.05) is 33.1 Å². The van der Waals surface area contributed by atoms with Crippen LogP contribution in [0, 0.1) is 0 Å². The topological polar surface area (TPSA) is 67.8 Å². The Morgan fingerprint density at radius 3 is 2.30 bits per heavy atom. The van der Waals surface area contributed by atoms with Gasteiger partial charge in [-0.25, -0.2) is 0 Å². The van der Waals surface area contributed by atoms with Crippen molar-refractivity contribution < 1.29 is 14.3 Å². The summed E-state index contributed by atoms with van der Waals surface area (Å²) in [5.74, 6) is 1.63. The van der Waals surface area contributed by atoms with Gasteiger partial charge in [-0.2, -0.15) is 9.97 Å². The van der Waals surface area contributed by atoms with Gasteiger partial charge in [-0.05, 0) is 6.42 Å². The van der Waals surface area contributed by atoms with Gasteiger partial charge in [-0.3, -0.25) is 4.79 Å². The van der Waals surface area contributed by atoms with E-state index < -0.39 is 0 Å². The minimum absolute atomic E-state index is 0.107. The highest BCUT2D eigenvalue weighted by Crippen LogP contribution is 2.21.